The predicted molar refractivity (Wildman–Crippen MR) is 120 cm³/mol. The van der Waals surface area contributed by atoms with E-state index in [0.717, 1.165) is 35.4 Å². The number of hydrogen-bond acceptors (Lipinski definition) is 3. The molecule has 1 heterocycles. The Balaban J connectivity index is 1.40. The molecule has 0 spiro atoms. The smallest absolute Gasteiger partial charge is 0.272 e. The Morgan fingerprint density at radius 2 is 1.80 bits per heavy atom. The van der Waals surface area contributed by atoms with Gasteiger partial charge in [-0.25, -0.2) is 5.43 Å². The first-order valence-electron chi connectivity index (χ1n) is 10.1. The van der Waals surface area contributed by atoms with Crippen LogP contribution in [0.3, 0.4) is 0 Å². The molecule has 0 bridgehead atoms. The monoisotopic (exact) mass is 394 g/mol. The largest absolute Gasteiger partial charge is 0.289 e. The van der Waals surface area contributed by atoms with Gasteiger partial charge in [-0.3, -0.25) is 9.89 Å². The van der Waals surface area contributed by atoms with Crippen LogP contribution in [-0.2, 0) is 12.8 Å². The molecule has 5 heteroatoms. The third kappa shape index (κ3) is 3.18. The highest BCUT2D eigenvalue weighted by Gasteiger charge is 2.18. The van der Waals surface area contributed by atoms with Gasteiger partial charge in [0.2, 0.25) is 0 Å². The van der Waals surface area contributed by atoms with Crippen molar-refractivity contribution < 1.29 is 4.79 Å². The van der Waals surface area contributed by atoms with E-state index >= 15 is 0 Å². The van der Waals surface area contributed by atoms with Crippen molar-refractivity contribution in [3.8, 4) is 11.3 Å². The molecule has 5 nitrogen and oxygen atoms in total. The maximum absolute atomic E-state index is 12.6. The lowest BCUT2D eigenvalue weighted by molar-refractivity contribution is 0.0950. The lowest BCUT2D eigenvalue weighted by Gasteiger charge is -2.06. The third-order valence-electron chi connectivity index (χ3n) is 5.77. The van der Waals surface area contributed by atoms with E-state index in [-0.39, 0.29) is 5.91 Å². The molecule has 0 saturated heterocycles. The summed E-state index contributed by atoms with van der Waals surface area (Å²) in [4.78, 5) is 12.6. The van der Waals surface area contributed by atoms with Gasteiger partial charge in [0, 0.05) is 5.56 Å². The summed E-state index contributed by atoms with van der Waals surface area (Å²) in [6.07, 6.45) is 2.17. The van der Waals surface area contributed by atoms with E-state index in [9.17, 15) is 4.79 Å². The van der Waals surface area contributed by atoms with Crippen molar-refractivity contribution in [2.75, 3.05) is 0 Å². The zero-order chi connectivity index (χ0) is 20.7. The van der Waals surface area contributed by atoms with Gasteiger partial charge >= 0.3 is 0 Å². The van der Waals surface area contributed by atoms with E-state index in [0.29, 0.717) is 5.69 Å². The zero-order valence-corrected chi connectivity index (χ0v) is 17.0. The summed E-state index contributed by atoms with van der Waals surface area (Å²) >= 11 is 0. The molecule has 0 atom stereocenters. The second-order valence-electron chi connectivity index (χ2n) is 7.78. The molecule has 1 aliphatic carbocycles. The van der Waals surface area contributed by atoms with Gasteiger partial charge in [-0.15, -0.1) is 0 Å². The number of aromatic nitrogens is 2. The summed E-state index contributed by atoms with van der Waals surface area (Å²) in [6.45, 7) is 3.91. The fraction of sp³-hybridized carbons (Fsp3) is 0.160. The fourth-order valence-corrected chi connectivity index (χ4v) is 4.10. The van der Waals surface area contributed by atoms with Crippen molar-refractivity contribution >= 4 is 22.4 Å². The van der Waals surface area contributed by atoms with Crippen LogP contribution in [0.1, 0.15) is 39.7 Å². The summed E-state index contributed by atoms with van der Waals surface area (Å²) < 4.78 is 0. The Labute approximate surface area is 174 Å². The van der Waals surface area contributed by atoms with Crippen LogP contribution in [0.25, 0.3) is 22.0 Å². The molecule has 5 rings (SSSR count). The van der Waals surface area contributed by atoms with Gasteiger partial charge in [0.05, 0.1) is 11.4 Å². The fourth-order valence-electron chi connectivity index (χ4n) is 4.10. The number of hydrogen-bond donors (Lipinski definition) is 2. The topological polar surface area (TPSA) is 70.1 Å². The van der Waals surface area contributed by atoms with Gasteiger partial charge in [0.25, 0.3) is 5.91 Å². The van der Waals surface area contributed by atoms with Crippen molar-refractivity contribution in [2.45, 2.75) is 26.7 Å². The van der Waals surface area contributed by atoms with Gasteiger partial charge in [-0.1, -0.05) is 60.2 Å². The van der Waals surface area contributed by atoms with E-state index in [2.05, 4.69) is 51.1 Å². The molecule has 0 saturated carbocycles. The number of aromatic amines is 1. The van der Waals surface area contributed by atoms with Crippen LogP contribution >= 0.6 is 0 Å². The summed E-state index contributed by atoms with van der Waals surface area (Å²) in [5.41, 5.74) is 10.5. The molecule has 1 aliphatic rings. The maximum Gasteiger partial charge on any atom is 0.289 e. The Bertz CT molecular complexity index is 1290. The molecule has 0 fully saturated rings. The first kappa shape index (κ1) is 18.3. The van der Waals surface area contributed by atoms with E-state index in [4.69, 9.17) is 0 Å². The minimum Gasteiger partial charge on any atom is -0.272 e. The standard InChI is InChI=1S/C25H22N4O/c1-15-6-8-17(9-7-15)16(2)26-29-25(30)23-14-22(27-28-23)20-13-12-19-11-10-18-4-3-5-21(20)24(18)19/h3-9,12-14H,10-11H2,1-2H3,(H,27,28)(H,29,30)/b26-16-. The Kier molecular flexibility index (Phi) is 4.43. The molecule has 2 N–H and O–H groups in total. The van der Waals surface area contributed by atoms with Crippen LogP contribution in [0.15, 0.2) is 65.8 Å². The Hall–Kier alpha value is -3.73. The molecule has 4 aromatic rings. The number of carbonyl (C=O) groups is 1. The van der Waals surface area contributed by atoms with Crippen molar-refractivity contribution in [2.24, 2.45) is 5.10 Å². The summed E-state index contributed by atoms with van der Waals surface area (Å²) in [7, 11) is 0. The number of nitrogens with zero attached hydrogens (tertiary/aromatic N) is 2. The molecule has 0 radical (unpaired) electrons. The molecule has 3 aromatic carbocycles. The highest BCUT2D eigenvalue weighted by atomic mass is 16.2. The summed E-state index contributed by atoms with van der Waals surface area (Å²) in [5, 5.41) is 14.0. The van der Waals surface area contributed by atoms with Gasteiger partial charge in [-0.2, -0.15) is 10.2 Å². The second-order valence-corrected chi connectivity index (χ2v) is 7.78. The van der Waals surface area contributed by atoms with Crippen molar-refractivity contribution in [3.63, 3.8) is 0 Å². The van der Waals surface area contributed by atoms with Crippen LogP contribution in [0, 0.1) is 6.92 Å². The number of rotatable bonds is 4. The van der Waals surface area contributed by atoms with Crippen LogP contribution in [0.2, 0.25) is 0 Å². The Morgan fingerprint density at radius 1 is 1.03 bits per heavy atom. The van der Waals surface area contributed by atoms with Gasteiger partial charge in [0.1, 0.15) is 5.69 Å². The van der Waals surface area contributed by atoms with Crippen LogP contribution in [0.5, 0.6) is 0 Å². The molecule has 30 heavy (non-hydrogen) atoms. The average molecular weight is 394 g/mol. The normalized spacial score (nSPS) is 13.1. The molecular weight excluding hydrogens is 372 g/mol. The van der Waals surface area contributed by atoms with Gasteiger partial charge in [-0.05, 0) is 60.2 Å². The minimum atomic E-state index is -0.314. The molecule has 0 unspecified atom stereocenters. The highest BCUT2D eigenvalue weighted by Crippen LogP contribution is 2.36. The minimum absolute atomic E-state index is 0.314. The van der Waals surface area contributed by atoms with Crippen molar-refractivity contribution in [3.05, 3.63) is 88.6 Å². The van der Waals surface area contributed by atoms with Crippen molar-refractivity contribution in [1.82, 2.24) is 15.6 Å². The molecular formula is C25H22N4O. The average Bonchev–Trinajstić information content (AvgIpc) is 3.42. The molecule has 148 valence electrons. The zero-order valence-electron chi connectivity index (χ0n) is 17.0. The van der Waals surface area contributed by atoms with E-state index in [1.807, 2.05) is 38.1 Å². The molecule has 1 amide bonds. The van der Waals surface area contributed by atoms with Crippen LogP contribution < -0.4 is 5.43 Å². The number of hydrazone groups is 1. The molecule has 0 aliphatic heterocycles. The first-order valence-corrected chi connectivity index (χ1v) is 10.1. The number of H-pyrrole nitrogens is 1. The number of amides is 1. The number of aryl methyl sites for hydroxylation is 3. The maximum atomic E-state index is 12.6. The van der Waals surface area contributed by atoms with E-state index in [1.165, 1.54) is 27.5 Å². The van der Waals surface area contributed by atoms with Gasteiger partial charge in [0.15, 0.2) is 0 Å². The predicted octanol–water partition coefficient (Wildman–Crippen LogP) is 4.79. The van der Waals surface area contributed by atoms with E-state index in [1.54, 1.807) is 6.07 Å². The number of nitrogens with one attached hydrogen (secondary N) is 2. The second kappa shape index (κ2) is 7.26. The van der Waals surface area contributed by atoms with Gasteiger partial charge < -0.3 is 0 Å². The third-order valence-corrected chi connectivity index (χ3v) is 5.77. The first-order chi connectivity index (χ1) is 14.6. The van der Waals surface area contributed by atoms with Crippen LogP contribution in [-0.4, -0.2) is 21.8 Å². The quantitative estimate of drug-likeness (QED) is 0.386. The van der Waals surface area contributed by atoms with E-state index < -0.39 is 0 Å². The highest BCUT2D eigenvalue weighted by molar-refractivity contribution is 6.03. The Morgan fingerprint density at radius 3 is 2.60 bits per heavy atom. The lowest BCUT2D eigenvalue weighted by atomic mass is 9.98. The lowest BCUT2D eigenvalue weighted by Crippen LogP contribution is -2.19. The SMILES string of the molecule is C/C(=N/NC(=O)c1cc(-c2ccc3c4c(cccc24)CC3)n[nH]1)c1ccc(C)cc1. The van der Waals surface area contributed by atoms with Crippen molar-refractivity contribution in [1.29, 1.82) is 0 Å². The molecule has 1 aromatic heterocycles. The summed E-state index contributed by atoms with van der Waals surface area (Å²) in [6, 6.07) is 20.5. The number of benzene rings is 3. The van der Waals surface area contributed by atoms with Crippen LogP contribution in [0.4, 0.5) is 0 Å². The number of carbonyl (C=O) groups excluding carboxylic acids is 1. The summed E-state index contributed by atoms with van der Waals surface area (Å²) in [5.74, 6) is -0.314.